The van der Waals surface area contributed by atoms with Gasteiger partial charge >= 0.3 is 0 Å². The highest BCUT2D eigenvalue weighted by atomic mass is 15.2. The Bertz CT molecular complexity index is 437. The molecular weight excluding hydrogens is 262 g/mol. The fraction of sp³-hybridized carbons (Fsp3) is 0.750. The van der Waals surface area contributed by atoms with Crippen molar-refractivity contribution in [3.05, 3.63) is 11.9 Å². The third-order valence-electron chi connectivity index (χ3n) is 3.21. The van der Waals surface area contributed by atoms with Gasteiger partial charge in [-0.15, -0.1) is 0 Å². The van der Waals surface area contributed by atoms with Crippen molar-refractivity contribution in [3.63, 3.8) is 0 Å². The number of rotatable bonds is 7. The maximum Gasteiger partial charge on any atom is 0.138 e. The molecule has 5 heteroatoms. The first-order valence-electron chi connectivity index (χ1n) is 7.73. The Morgan fingerprint density at radius 1 is 1.10 bits per heavy atom. The van der Waals surface area contributed by atoms with E-state index in [1.165, 1.54) is 0 Å². The molecule has 1 heterocycles. The number of aromatic nitrogens is 2. The summed E-state index contributed by atoms with van der Waals surface area (Å²) in [6, 6.07) is 2.04. The van der Waals surface area contributed by atoms with Crippen molar-refractivity contribution in [2.75, 3.05) is 51.0 Å². The van der Waals surface area contributed by atoms with E-state index in [9.17, 15) is 0 Å². The maximum atomic E-state index is 4.75. The average Bonchev–Trinajstić information content (AvgIpc) is 2.41. The molecule has 0 radical (unpaired) electrons. The van der Waals surface area contributed by atoms with Gasteiger partial charge in [-0.2, -0.15) is 0 Å². The van der Waals surface area contributed by atoms with Crippen LogP contribution in [-0.4, -0.2) is 55.6 Å². The Kier molecular flexibility index (Phi) is 6.40. The fourth-order valence-corrected chi connectivity index (χ4v) is 1.77. The Morgan fingerprint density at radius 2 is 1.76 bits per heavy atom. The molecule has 0 saturated carbocycles. The van der Waals surface area contributed by atoms with Crippen LogP contribution in [0.2, 0.25) is 0 Å². The van der Waals surface area contributed by atoms with Crippen LogP contribution in [-0.2, 0) is 5.41 Å². The molecule has 1 aromatic rings. The summed E-state index contributed by atoms with van der Waals surface area (Å²) < 4.78 is 0. The largest absolute Gasteiger partial charge is 0.370 e. The third kappa shape index (κ3) is 5.87. The number of anilines is 2. The van der Waals surface area contributed by atoms with Crippen molar-refractivity contribution in [3.8, 4) is 0 Å². The lowest BCUT2D eigenvalue weighted by Gasteiger charge is -2.24. The van der Waals surface area contributed by atoms with Crippen molar-refractivity contribution in [2.45, 2.75) is 39.5 Å². The van der Waals surface area contributed by atoms with E-state index in [-0.39, 0.29) is 5.41 Å². The van der Waals surface area contributed by atoms with Crippen molar-refractivity contribution in [1.82, 2.24) is 14.9 Å². The summed E-state index contributed by atoms with van der Waals surface area (Å²) in [5.41, 5.74) is -0.0545. The molecule has 0 bridgehead atoms. The van der Waals surface area contributed by atoms with Gasteiger partial charge in [0.2, 0.25) is 0 Å². The van der Waals surface area contributed by atoms with E-state index in [0.29, 0.717) is 0 Å². The molecule has 0 unspecified atom stereocenters. The second-order valence-corrected chi connectivity index (χ2v) is 6.84. The predicted octanol–water partition coefficient (Wildman–Crippen LogP) is 2.59. The third-order valence-corrected chi connectivity index (χ3v) is 3.21. The minimum Gasteiger partial charge on any atom is -0.370 e. The van der Waals surface area contributed by atoms with Crippen LogP contribution < -0.4 is 10.2 Å². The lowest BCUT2D eigenvalue weighted by molar-refractivity contribution is 0.416. The molecule has 0 aliphatic carbocycles. The zero-order valence-electron chi connectivity index (χ0n) is 14.7. The van der Waals surface area contributed by atoms with Crippen LogP contribution in [0.25, 0.3) is 0 Å². The molecule has 0 saturated heterocycles. The first-order valence-corrected chi connectivity index (χ1v) is 7.73. The molecule has 0 atom stereocenters. The number of hydrogen-bond acceptors (Lipinski definition) is 5. The molecule has 0 aliphatic rings. The van der Waals surface area contributed by atoms with Crippen LogP contribution in [0, 0.1) is 0 Å². The smallest absolute Gasteiger partial charge is 0.138 e. The summed E-state index contributed by atoms with van der Waals surface area (Å²) in [4.78, 5) is 13.8. The summed E-state index contributed by atoms with van der Waals surface area (Å²) >= 11 is 0. The SMILES string of the molecule is CCCNc1cc(N(C)CCN(C)C)nc(C(C)(C)C)n1. The van der Waals surface area contributed by atoms with Gasteiger partial charge in [0.25, 0.3) is 0 Å². The van der Waals surface area contributed by atoms with Crippen molar-refractivity contribution in [2.24, 2.45) is 0 Å². The molecular formula is C16H31N5. The van der Waals surface area contributed by atoms with Gasteiger partial charge in [-0.25, -0.2) is 9.97 Å². The van der Waals surface area contributed by atoms with E-state index in [2.05, 4.69) is 68.9 Å². The molecule has 1 aromatic heterocycles. The second-order valence-electron chi connectivity index (χ2n) is 6.84. The number of nitrogens with zero attached hydrogens (tertiary/aromatic N) is 4. The number of nitrogens with one attached hydrogen (secondary N) is 1. The monoisotopic (exact) mass is 293 g/mol. The van der Waals surface area contributed by atoms with Gasteiger partial charge in [-0.05, 0) is 20.5 Å². The molecule has 0 fully saturated rings. The van der Waals surface area contributed by atoms with Gasteiger partial charge in [0.05, 0.1) is 0 Å². The standard InChI is InChI=1S/C16H31N5/c1-8-9-17-13-12-14(21(7)11-10-20(5)6)19-15(18-13)16(2,3)4/h12H,8-11H2,1-7H3,(H,17,18,19). The minimum absolute atomic E-state index is 0.0545. The molecule has 0 aliphatic heterocycles. The highest BCUT2D eigenvalue weighted by Gasteiger charge is 2.20. The first kappa shape index (κ1) is 17.7. The molecule has 120 valence electrons. The lowest BCUT2D eigenvalue weighted by Crippen LogP contribution is -2.30. The Labute approximate surface area is 129 Å². The molecule has 1 N–H and O–H groups in total. The van der Waals surface area contributed by atoms with E-state index in [4.69, 9.17) is 4.98 Å². The summed E-state index contributed by atoms with van der Waals surface area (Å²) in [6.07, 6.45) is 1.08. The molecule has 0 amide bonds. The summed E-state index contributed by atoms with van der Waals surface area (Å²) in [5, 5.41) is 3.38. The number of hydrogen-bond donors (Lipinski definition) is 1. The van der Waals surface area contributed by atoms with Crippen LogP contribution in [0.3, 0.4) is 0 Å². The van der Waals surface area contributed by atoms with Gasteiger partial charge < -0.3 is 15.1 Å². The predicted molar refractivity (Wildman–Crippen MR) is 91.3 cm³/mol. The van der Waals surface area contributed by atoms with Crippen LogP contribution in [0.1, 0.15) is 39.9 Å². The number of likely N-dealkylation sites (N-methyl/N-ethyl adjacent to an activating group) is 2. The van der Waals surface area contributed by atoms with Crippen LogP contribution in [0.4, 0.5) is 11.6 Å². The van der Waals surface area contributed by atoms with Crippen LogP contribution in [0.15, 0.2) is 6.07 Å². The van der Waals surface area contributed by atoms with Gasteiger partial charge in [0.15, 0.2) is 0 Å². The quantitative estimate of drug-likeness (QED) is 0.837. The van der Waals surface area contributed by atoms with E-state index in [0.717, 1.165) is 43.5 Å². The molecule has 5 nitrogen and oxygen atoms in total. The lowest BCUT2D eigenvalue weighted by atomic mass is 9.96. The van der Waals surface area contributed by atoms with Crippen LogP contribution >= 0.6 is 0 Å². The van der Waals surface area contributed by atoms with Crippen molar-refractivity contribution in [1.29, 1.82) is 0 Å². The van der Waals surface area contributed by atoms with Crippen LogP contribution in [0.5, 0.6) is 0 Å². The summed E-state index contributed by atoms with van der Waals surface area (Å²) in [6.45, 7) is 11.5. The van der Waals surface area contributed by atoms with E-state index < -0.39 is 0 Å². The maximum absolute atomic E-state index is 4.75. The van der Waals surface area contributed by atoms with E-state index in [1.54, 1.807) is 0 Å². The van der Waals surface area contributed by atoms with E-state index >= 15 is 0 Å². The van der Waals surface area contributed by atoms with Crippen molar-refractivity contribution >= 4 is 11.6 Å². The highest BCUT2D eigenvalue weighted by Crippen LogP contribution is 2.23. The molecule has 1 rings (SSSR count). The van der Waals surface area contributed by atoms with Gasteiger partial charge in [-0.1, -0.05) is 27.7 Å². The Morgan fingerprint density at radius 3 is 2.29 bits per heavy atom. The second kappa shape index (κ2) is 7.59. The molecule has 0 spiro atoms. The minimum atomic E-state index is -0.0545. The first-order chi connectivity index (χ1) is 9.74. The average molecular weight is 293 g/mol. The summed E-state index contributed by atoms with van der Waals surface area (Å²) in [7, 11) is 6.26. The Balaban J connectivity index is 3.00. The molecule has 0 aromatic carbocycles. The fourth-order valence-electron chi connectivity index (χ4n) is 1.77. The summed E-state index contributed by atoms with van der Waals surface area (Å²) in [5.74, 6) is 2.79. The zero-order chi connectivity index (χ0) is 16.0. The van der Waals surface area contributed by atoms with Gasteiger partial charge in [-0.3, -0.25) is 0 Å². The molecule has 21 heavy (non-hydrogen) atoms. The zero-order valence-corrected chi connectivity index (χ0v) is 14.7. The topological polar surface area (TPSA) is 44.3 Å². The van der Waals surface area contributed by atoms with E-state index in [1.807, 2.05) is 6.07 Å². The Hall–Kier alpha value is -1.36. The van der Waals surface area contributed by atoms with Gasteiger partial charge in [0, 0.05) is 38.2 Å². The normalized spacial score (nSPS) is 11.8. The van der Waals surface area contributed by atoms with Crippen molar-refractivity contribution < 1.29 is 0 Å². The van der Waals surface area contributed by atoms with Gasteiger partial charge in [0.1, 0.15) is 17.5 Å². The highest BCUT2D eigenvalue weighted by molar-refractivity contribution is 5.49.